The molecule has 4 unspecified atom stereocenters. The van der Waals surface area contributed by atoms with Crippen LogP contribution in [0.1, 0.15) is 13.8 Å². The van der Waals surface area contributed by atoms with E-state index in [4.69, 9.17) is 0 Å². The van der Waals surface area contributed by atoms with E-state index in [0.29, 0.717) is 24.4 Å². The minimum absolute atomic E-state index is 0.577. The summed E-state index contributed by atoms with van der Waals surface area (Å²) in [5, 5.41) is 7.11. The molecule has 4 atom stereocenters. The van der Waals surface area contributed by atoms with Gasteiger partial charge in [-0.05, 0) is 13.8 Å². The first-order valence-corrected chi connectivity index (χ1v) is 7.17. The number of nitrogens with zero attached hydrogens (tertiary/aromatic N) is 4. The second-order valence-electron chi connectivity index (χ2n) is 6.23. The van der Waals surface area contributed by atoms with Gasteiger partial charge in [0.2, 0.25) is 0 Å². The normalized spacial score (nSPS) is 47.0. The fourth-order valence-electron chi connectivity index (χ4n) is 4.23. The maximum atomic E-state index is 3.56. The Balaban J connectivity index is 1.71. The molecule has 4 fully saturated rings. The van der Waals surface area contributed by atoms with Crippen molar-refractivity contribution in [2.75, 3.05) is 39.8 Å². The number of nitrogens with one attached hydrogen (secondary N) is 2. The molecule has 4 aliphatic rings. The molecule has 4 rings (SSSR count). The van der Waals surface area contributed by atoms with Gasteiger partial charge in [-0.15, -0.1) is 0 Å². The van der Waals surface area contributed by atoms with Gasteiger partial charge in [0.15, 0.2) is 0 Å². The predicted molar refractivity (Wildman–Crippen MR) is 69.3 cm³/mol. The van der Waals surface area contributed by atoms with Crippen molar-refractivity contribution in [2.24, 2.45) is 0 Å². The van der Waals surface area contributed by atoms with Gasteiger partial charge in [-0.25, -0.2) is 0 Å². The Hall–Kier alpha value is -0.240. The number of rotatable bonds is 0. The zero-order chi connectivity index (χ0) is 12.3. The SMILES string of the molecule is CC1CN2CNCN3C(C)CN4CNCN1C4C23. The van der Waals surface area contributed by atoms with Crippen molar-refractivity contribution in [3.05, 3.63) is 0 Å². The van der Waals surface area contributed by atoms with Crippen LogP contribution in [0.2, 0.25) is 0 Å². The lowest BCUT2D eigenvalue weighted by atomic mass is 10.0. The Morgan fingerprint density at radius 3 is 1.61 bits per heavy atom. The first-order valence-electron chi connectivity index (χ1n) is 7.17. The van der Waals surface area contributed by atoms with Crippen LogP contribution in [0.4, 0.5) is 0 Å². The van der Waals surface area contributed by atoms with Gasteiger partial charge < -0.3 is 0 Å². The largest absolute Gasteiger partial charge is 0.291 e. The Morgan fingerprint density at radius 2 is 1.17 bits per heavy atom. The standard InChI is InChI=1S/C12H24N6/c1-9-3-15-5-14-8-18-10(2)4-16-6-13-7-17(9)11(16)12(15)18/h9-14H,3-8H2,1-2H3. The van der Waals surface area contributed by atoms with Crippen LogP contribution in [0.5, 0.6) is 0 Å². The minimum atomic E-state index is 0.577. The maximum absolute atomic E-state index is 3.56. The first kappa shape index (κ1) is 11.6. The summed E-state index contributed by atoms with van der Waals surface area (Å²) >= 11 is 0. The molecular weight excluding hydrogens is 228 g/mol. The molecule has 0 amide bonds. The molecule has 6 nitrogen and oxygen atoms in total. The average Bonchev–Trinajstić information content (AvgIpc) is 2.38. The van der Waals surface area contributed by atoms with Crippen LogP contribution in [0.25, 0.3) is 0 Å². The molecule has 18 heavy (non-hydrogen) atoms. The van der Waals surface area contributed by atoms with Crippen molar-refractivity contribution in [2.45, 2.75) is 38.3 Å². The third-order valence-corrected chi connectivity index (χ3v) is 5.04. The van der Waals surface area contributed by atoms with Crippen molar-refractivity contribution in [1.29, 1.82) is 0 Å². The quantitative estimate of drug-likeness (QED) is 0.557. The van der Waals surface area contributed by atoms with E-state index in [-0.39, 0.29) is 0 Å². The number of hydrogen-bond donors (Lipinski definition) is 2. The van der Waals surface area contributed by atoms with Crippen LogP contribution in [-0.4, -0.2) is 83.8 Å². The van der Waals surface area contributed by atoms with Gasteiger partial charge in [0.05, 0.1) is 39.0 Å². The molecule has 2 N–H and O–H groups in total. The van der Waals surface area contributed by atoms with E-state index in [2.05, 4.69) is 44.1 Å². The Kier molecular flexibility index (Phi) is 2.65. The molecule has 4 heterocycles. The molecule has 6 heteroatoms. The lowest BCUT2D eigenvalue weighted by Gasteiger charge is -2.64. The summed E-state index contributed by atoms with van der Waals surface area (Å²) in [5.41, 5.74) is 0. The van der Waals surface area contributed by atoms with Gasteiger partial charge >= 0.3 is 0 Å². The zero-order valence-electron chi connectivity index (χ0n) is 11.3. The smallest absolute Gasteiger partial charge is 0.0946 e. The molecular formula is C12H24N6. The van der Waals surface area contributed by atoms with Gasteiger partial charge in [-0.3, -0.25) is 30.2 Å². The van der Waals surface area contributed by atoms with Crippen molar-refractivity contribution >= 4 is 0 Å². The van der Waals surface area contributed by atoms with Crippen molar-refractivity contribution in [3.63, 3.8) is 0 Å². The van der Waals surface area contributed by atoms with Crippen LogP contribution >= 0.6 is 0 Å². The van der Waals surface area contributed by atoms with E-state index < -0.39 is 0 Å². The van der Waals surface area contributed by atoms with Gasteiger partial charge in [-0.1, -0.05) is 0 Å². The third-order valence-electron chi connectivity index (χ3n) is 5.04. The second kappa shape index (κ2) is 4.13. The molecule has 0 aromatic rings. The highest BCUT2D eigenvalue weighted by Crippen LogP contribution is 2.33. The van der Waals surface area contributed by atoms with Crippen molar-refractivity contribution < 1.29 is 0 Å². The van der Waals surface area contributed by atoms with E-state index in [1.54, 1.807) is 0 Å². The van der Waals surface area contributed by atoms with Crippen molar-refractivity contribution in [3.8, 4) is 0 Å². The van der Waals surface area contributed by atoms with Crippen LogP contribution in [0.3, 0.4) is 0 Å². The molecule has 4 aliphatic heterocycles. The van der Waals surface area contributed by atoms with Crippen LogP contribution in [0, 0.1) is 0 Å². The third kappa shape index (κ3) is 1.51. The lowest BCUT2D eigenvalue weighted by molar-refractivity contribution is -0.219. The van der Waals surface area contributed by atoms with E-state index in [9.17, 15) is 0 Å². The summed E-state index contributed by atoms with van der Waals surface area (Å²) in [6.07, 6.45) is 1.15. The molecule has 0 aromatic heterocycles. The average molecular weight is 252 g/mol. The molecule has 0 radical (unpaired) electrons. The summed E-state index contributed by atoms with van der Waals surface area (Å²) in [7, 11) is 0. The molecule has 0 bridgehead atoms. The van der Waals surface area contributed by atoms with E-state index >= 15 is 0 Å². The molecule has 0 spiro atoms. The molecule has 4 saturated heterocycles. The van der Waals surface area contributed by atoms with Crippen LogP contribution < -0.4 is 10.6 Å². The second-order valence-corrected chi connectivity index (χ2v) is 6.23. The Bertz CT molecular complexity index is 305. The van der Waals surface area contributed by atoms with Gasteiger partial charge in [0, 0.05) is 25.2 Å². The molecule has 0 saturated carbocycles. The molecule has 0 aliphatic carbocycles. The Morgan fingerprint density at radius 1 is 0.722 bits per heavy atom. The zero-order valence-corrected chi connectivity index (χ0v) is 11.3. The highest BCUT2D eigenvalue weighted by atomic mass is 15.6. The molecule has 0 aromatic carbocycles. The van der Waals surface area contributed by atoms with Crippen molar-refractivity contribution in [1.82, 2.24) is 30.2 Å². The molecule has 102 valence electrons. The lowest BCUT2D eigenvalue weighted by Crippen LogP contribution is -2.83. The van der Waals surface area contributed by atoms with Gasteiger partial charge in [-0.2, -0.15) is 0 Å². The summed E-state index contributed by atoms with van der Waals surface area (Å²) in [6, 6.07) is 1.27. The van der Waals surface area contributed by atoms with Crippen LogP contribution in [-0.2, 0) is 0 Å². The minimum Gasteiger partial charge on any atom is -0.291 e. The highest BCUT2D eigenvalue weighted by Gasteiger charge is 2.52. The van der Waals surface area contributed by atoms with E-state index in [0.717, 1.165) is 26.7 Å². The van der Waals surface area contributed by atoms with E-state index in [1.165, 1.54) is 13.1 Å². The number of piperazine rings is 2. The summed E-state index contributed by atoms with van der Waals surface area (Å²) in [5.74, 6) is 0. The number of hydrogen-bond acceptors (Lipinski definition) is 6. The highest BCUT2D eigenvalue weighted by molar-refractivity contribution is 5.02. The fourth-order valence-corrected chi connectivity index (χ4v) is 4.23. The summed E-state index contributed by atoms with van der Waals surface area (Å²) in [4.78, 5) is 10.6. The summed E-state index contributed by atoms with van der Waals surface area (Å²) in [6.45, 7) is 11.2. The van der Waals surface area contributed by atoms with E-state index in [1.807, 2.05) is 0 Å². The fraction of sp³-hybridized carbons (Fsp3) is 1.00. The van der Waals surface area contributed by atoms with Gasteiger partial charge in [0.1, 0.15) is 0 Å². The van der Waals surface area contributed by atoms with Gasteiger partial charge in [0.25, 0.3) is 0 Å². The summed E-state index contributed by atoms with van der Waals surface area (Å²) < 4.78 is 0. The Labute approximate surface area is 109 Å². The van der Waals surface area contributed by atoms with Crippen LogP contribution in [0.15, 0.2) is 0 Å². The first-order chi connectivity index (χ1) is 8.75. The topological polar surface area (TPSA) is 37.0 Å². The predicted octanol–water partition coefficient (Wildman–Crippen LogP) is -1.31. The monoisotopic (exact) mass is 252 g/mol. The maximum Gasteiger partial charge on any atom is 0.0946 e.